The van der Waals surface area contributed by atoms with E-state index in [-0.39, 0.29) is 30.3 Å². The van der Waals surface area contributed by atoms with Gasteiger partial charge in [0.05, 0.1) is 0 Å². The molecule has 0 radical (unpaired) electrons. The predicted molar refractivity (Wildman–Crippen MR) is 97.9 cm³/mol. The van der Waals surface area contributed by atoms with Crippen molar-refractivity contribution in [2.24, 2.45) is 0 Å². The van der Waals surface area contributed by atoms with Crippen LogP contribution in [0.25, 0.3) is 0 Å². The van der Waals surface area contributed by atoms with E-state index in [1.54, 1.807) is 36.1 Å². The van der Waals surface area contributed by atoms with Gasteiger partial charge in [0.2, 0.25) is 11.8 Å². The summed E-state index contributed by atoms with van der Waals surface area (Å²) in [6.07, 6.45) is 0.743. The third-order valence-electron chi connectivity index (χ3n) is 4.91. The number of benzene rings is 2. The molecule has 2 unspecified atom stereocenters. The Bertz CT molecular complexity index is 806. The Morgan fingerprint density at radius 2 is 1.78 bits per heavy atom. The number of likely N-dealkylation sites (tertiary alicyclic amines) is 1. The Kier molecular flexibility index (Phi) is 5.84. The summed E-state index contributed by atoms with van der Waals surface area (Å²) in [5.41, 5.74) is 0.714. The van der Waals surface area contributed by atoms with Crippen molar-refractivity contribution < 1.29 is 18.4 Å². The molecule has 2 atom stereocenters. The molecule has 1 heterocycles. The second-order valence-electron chi connectivity index (χ2n) is 6.67. The standard InChI is InChI=1S/C21H22F2N2O2/c1-2-18(26)24-20(14-7-4-3-5-8-14)21(27)25-12-11-15(13-25)19-16(22)9-6-10-17(19)23/h3-10,15,20H,2,11-13H2,1H3,(H,24,26). The van der Waals surface area contributed by atoms with Crippen LogP contribution in [0.1, 0.15) is 42.9 Å². The molecule has 4 nitrogen and oxygen atoms in total. The SMILES string of the molecule is CCC(=O)NC(C(=O)N1CCC(c2c(F)cccc2F)C1)c1ccccc1. The molecule has 1 aliphatic rings. The predicted octanol–water partition coefficient (Wildman–Crippen LogP) is 3.55. The molecule has 0 aromatic heterocycles. The van der Waals surface area contributed by atoms with Crippen LogP contribution in [0.15, 0.2) is 48.5 Å². The highest BCUT2D eigenvalue weighted by molar-refractivity contribution is 5.88. The van der Waals surface area contributed by atoms with Gasteiger partial charge in [-0.15, -0.1) is 0 Å². The van der Waals surface area contributed by atoms with Crippen LogP contribution in [-0.4, -0.2) is 29.8 Å². The van der Waals surface area contributed by atoms with Crippen molar-refractivity contribution in [3.8, 4) is 0 Å². The van der Waals surface area contributed by atoms with Crippen molar-refractivity contribution in [2.75, 3.05) is 13.1 Å². The van der Waals surface area contributed by atoms with Gasteiger partial charge >= 0.3 is 0 Å². The lowest BCUT2D eigenvalue weighted by Gasteiger charge is -2.25. The van der Waals surface area contributed by atoms with Crippen LogP contribution in [0.5, 0.6) is 0 Å². The smallest absolute Gasteiger partial charge is 0.249 e. The van der Waals surface area contributed by atoms with E-state index in [1.807, 2.05) is 6.07 Å². The molecule has 0 saturated carbocycles. The zero-order valence-electron chi connectivity index (χ0n) is 15.1. The third-order valence-corrected chi connectivity index (χ3v) is 4.91. The quantitative estimate of drug-likeness (QED) is 0.873. The van der Waals surface area contributed by atoms with Gasteiger partial charge in [-0.05, 0) is 24.1 Å². The average Bonchev–Trinajstić information content (AvgIpc) is 3.15. The van der Waals surface area contributed by atoms with Gasteiger partial charge in [0, 0.05) is 31.0 Å². The van der Waals surface area contributed by atoms with Gasteiger partial charge in [-0.2, -0.15) is 0 Å². The van der Waals surface area contributed by atoms with Crippen molar-refractivity contribution >= 4 is 11.8 Å². The van der Waals surface area contributed by atoms with Crippen LogP contribution in [-0.2, 0) is 9.59 Å². The van der Waals surface area contributed by atoms with E-state index in [0.29, 0.717) is 18.5 Å². The van der Waals surface area contributed by atoms with Crippen molar-refractivity contribution in [1.82, 2.24) is 10.2 Å². The minimum absolute atomic E-state index is 0.0293. The molecule has 0 aliphatic carbocycles. The fourth-order valence-electron chi connectivity index (χ4n) is 3.48. The lowest BCUT2D eigenvalue weighted by molar-refractivity contribution is -0.135. The number of nitrogens with one attached hydrogen (secondary N) is 1. The number of hydrogen-bond donors (Lipinski definition) is 1. The molecule has 2 amide bonds. The zero-order valence-corrected chi connectivity index (χ0v) is 15.1. The van der Waals surface area contributed by atoms with Crippen molar-refractivity contribution in [1.29, 1.82) is 0 Å². The van der Waals surface area contributed by atoms with E-state index in [9.17, 15) is 18.4 Å². The van der Waals surface area contributed by atoms with E-state index in [2.05, 4.69) is 5.32 Å². The molecule has 1 fully saturated rings. The number of carbonyl (C=O) groups excluding carboxylic acids is 2. The summed E-state index contributed by atoms with van der Waals surface area (Å²) in [6.45, 7) is 2.33. The molecular formula is C21H22F2N2O2. The van der Waals surface area contributed by atoms with E-state index < -0.39 is 23.6 Å². The Morgan fingerprint density at radius 1 is 1.11 bits per heavy atom. The zero-order chi connectivity index (χ0) is 19.4. The minimum atomic E-state index is -0.803. The van der Waals surface area contributed by atoms with Crippen LogP contribution in [0.3, 0.4) is 0 Å². The van der Waals surface area contributed by atoms with Crippen LogP contribution in [0.2, 0.25) is 0 Å². The van der Waals surface area contributed by atoms with Gasteiger partial charge in [-0.25, -0.2) is 8.78 Å². The molecule has 1 N–H and O–H groups in total. The number of rotatable bonds is 5. The number of nitrogens with zero attached hydrogens (tertiary/aromatic N) is 1. The van der Waals surface area contributed by atoms with Gasteiger partial charge < -0.3 is 10.2 Å². The molecule has 1 aliphatic heterocycles. The van der Waals surface area contributed by atoms with Gasteiger partial charge in [0.1, 0.15) is 17.7 Å². The highest BCUT2D eigenvalue weighted by Crippen LogP contribution is 2.32. The van der Waals surface area contributed by atoms with Crippen LogP contribution >= 0.6 is 0 Å². The monoisotopic (exact) mass is 372 g/mol. The van der Waals surface area contributed by atoms with Crippen LogP contribution in [0.4, 0.5) is 8.78 Å². The van der Waals surface area contributed by atoms with Gasteiger partial charge in [0.25, 0.3) is 0 Å². The van der Waals surface area contributed by atoms with Gasteiger partial charge in [-0.3, -0.25) is 9.59 Å². The third kappa shape index (κ3) is 4.15. The van der Waals surface area contributed by atoms with Crippen molar-refractivity contribution in [3.05, 3.63) is 71.3 Å². The fourth-order valence-corrected chi connectivity index (χ4v) is 3.48. The van der Waals surface area contributed by atoms with E-state index in [1.165, 1.54) is 18.2 Å². The molecular weight excluding hydrogens is 350 g/mol. The Hall–Kier alpha value is -2.76. The number of amides is 2. The van der Waals surface area contributed by atoms with Crippen LogP contribution < -0.4 is 5.32 Å². The summed E-state index contributed by atoms with van der Waals surface area (Å²) < 4.78 is 28.1. The summed E-state index contributed by atoms with van der Waals surface area (Å²) in [5.74, 6) is -2.06. The normalized spacial score (nSPS) is 17.6. The second-order valence-corrected chi connectivity index (χ2v) is 6.67. The summed E-state index contributed by atoms with van der Waals surface area (Å²) in [4.78, 5) is 26.6. The summed E-state index contributed by atoms with van der Waals surface area (Å²) in [5, 5.41) is 2.76. The first kappa shape index (κ1) is 19.0. The van der Waals surface area contributed by atoms with Gasteiger partial charge in [0.15, 0.2) is 0 Å². The van der Waals surface area contributed by atoms with Crippen LogP contribution in [0, 0.1) is 11.6 Å². The minimum Gasteiger partial charge on any atom is -0.341 e. The van der Waals surface area contributed by atoms with E-state index in [4.69, 9.17) is 0 Å². The largest absolute Gasteiger partial charge is 0.341 e. The lowest BCUT2D eigenvalue weighted by atomic mass is 9.97. The Morgan fingerprint density at radius 3 is 2.41 bits per heavy atom. The fraction of sp³-hybridized carbons (Fsp3) is 0.333. The highest BCUT2D eigenvalue weighted by atomic mass is 19.1. The maximum atomic E-state index is 14.1. The molecule has 3 rings (SSSR count). The number of hydrogen-bond acceptors (Lipinski definition) is 2. The molecule has 0 spiro atoms. The number of halogens is 2. The molecule has 2 aromatic carbocycles. The summed E-state index contributed by atoms with van der Waals surface area (Å²) >= 11 is 0. The second kappa shape index (κ2) is 8.29. The average molecular weight is 372 g/mol. The first-order valence-corrected chi connectivity index (χ1v) is 9.08. The Balaban J connectivity index is 1.80. The first-order chi connectivity index (χ1) is 13.0. The van der Waals surface area contributed by atoms with E-state index >= 15 is 0 Å². The van der Waals surface area contributed by atoms with Crippen molar-refractivity contribution in [2.45, 2.75) is 31.7 Å². The maximum Gasteiger partial charge on any atom is 0.249 e. The molecule has 27 heavy (non-hydrogen) atoms. The molecule has 2 aromatic rings. The lowest BCUT2D eigenvalue weighted by Crippen LogP contribution is -2.41. The number of carbonyl (C=O) groups is 2. The maximum absolute atomic E-state index is 14.1. The molecule has 0 bridgehead atoms. The molecule has 1 saturated heterocycles. The van der Waals surface area contributed by atoms with Gasteiger partial charge in [-0.1, -0.05) is 43.3 Å². The summed E-state index contributed by atoms with van der Waals surface area (Å²) in [7, 11) is 0. The summed E-state index contributed by atoms with van der Waals surface area (Å²) in [6, 6.07) is 12.0. The molecule has 6 heteroatoms. The first-order valence-electron chi connectivity index (χ1n) is 9.08. The highest BCUT2D eigenvalue weighted by Gasteiger charge is 2.34. The van der Waals surface area contributed by atoms with E-state index in [0.717, 1.165) is 0 Å². The topological polar surface area (TPSA) is 49.4 Å². The Labute approximate surface area is 157 Å². The van der Waals surface area contributed by atoms with Crippen molar-refractivity contribution in [3.63, 3.8) is 0 Å². The molecule has 142 valence electrons.